The van der Waals surface area contributed by atoms with Gasteiger partial charge in [0.25, 0.3) is 0 Å². The zero-order valence-corrected chi connectivity index (χ0v) is 7.84. The Hall–Kier alpha value is -0.610. The molecule has 12 heavy (non-hydrogen) atoms. The van der Waals surface area contributed by atoms with Crippen LogP contribution in [0.1, 0.15) is 20.3 Å². The Morgan fingerprint density at radius 2 is 2.08 bits per heavy atom. The fourth-order valence-electron chi connectivity index (χ4n) is 0.749. The molecule has 5 N–H and O–H groups in total. The van der Waals surface area contributed by atoms with Crippen LogP contribution < -0.4 is 16.8 Å². The molecule has 1 amide bonds. The number of carbonyl (C=O) groups excluding carboxylic acids is 1. The quantitative estimate of drug-likeness (QED) is 0.471. The van der Waals surface area contributed by atoms with Crippen molar-refractivity contribution in [2.24, 2.45) is 17.4 Å². The number of nitrogens with two attached hydrogens (primary N) is 2. The largest absolute Gasteiger partial charge is 0.368 e. The van der Waals surface area contributed by atoms with Gasteiger partial charge in [0.1, 0.15) is 0 Å². The number of nitrogens with one attached hydrogen (secondary N) is 1. The predicted octanol–water partition coefficient (Wildman–Crippen LogP) is -0.565. The highest BCUT2D eigenvalue weighted by atomic mass is 16.1. The second-order valence-corrected chi connectivity index (χ2v) is 3.40. The number of hydrogen-bond donors (Lipinski definition) is 3. The molecule has 0 aliphatic heterocycles. The maximum atomic E-state index is 10.5. The third-order valence-corrected chi connectivity index (χ3v) is 1.63. The summed E-state index contributed by atoms with van der Waals surface area (Å²) in [4.78, 5) is 10.5. The monoisotopic (exact) mass is 173 g/mol. The van der Waals surface area contributed by atoms with Gasteiger partial charge in [-0.3, -0.25) is 4.79 Å². The molecule has 0 aromatic carbocycles. The summed E-state index contributed by atoms with van der Waals surface area (Å²) >= 11 is 0. The molecule has 0 aliphatic rings. The number of amides is 1. The minimum atomic E-state index is -0.558. The molecule has 0 aliphatic carbocycles. The molecule has 4 heteroatoms. The van der Waals surface area contributed by atoms with Crippen molar-refractivity contribution in [2.45, 2.75) is 26.3 Å². The van der Waals surface area contributed by atoms with Crippen LogP contribution in [-0.4, -0.2) is 25.0 Å². The smallest absolute Gasteiger partial charge is 0.235 e. The lowest BCUT2D eigenvalue weighted by molar-refractivity contribution is -0.119. The van der Waals surface area contributed by atoms with E-state index in [4.69, 9.17) is 11.5 Å². The second-order valence-electron chi connectivity index (χ2n) is 3.40. The fourth-order valence-corrected chi connectivity index (χ4v) is 0.749. The molecule has 0 rings (SSSR count). The molecule has 0 saturated heterocycles. The van der Waals surface area contributed by atoms with Gasteiger partial charge in [-0.15, -0.1) is 0 Å². The van der Waals surface area contributed by atoms with Crippen molar-refractivity contribution in [1.29, 1.82) is 0 Å². The molecule has 72 valence electrons. The lowest BCUT2D eigenvalue weighted by atomic mass is 10.1. The van der Waals surface area contributed by atoms with Crippen LogP contribution in [0, 0.1) is 5.92 Å². The van der Waals surface area contributed by atoms with E-state index in [1.807, 2.05) is 0 Å². The van der Waals surface area contributed by atoms with Crippen molar-refractivity contribution in [3.05, 3.63) is 0 Å². The summed E-state index contributed by atoms with van der Waals surface area (Å²) in [5, 5.41) is 3.07. The van der Waals surface area contributed by atoms with E-state index in [1.165, 1.54) is 0 Å². The van der Waals surface area contributed by atoms with Crippen LogP contribution in [0.15, 0.2) is 0 Å². The maximum Gasteiger partial charge on any atom is 0.235 e. The third kappa shape index (κ3) is 6.12. The minimum Gasteiger partial charge on any atom is -0.368 e. The van der Waals surface area contributed by atoms with Gasteiger partial charge in [-0.25, -0.2) is 0 Å². The molecule has 0 saturated carbocycles. The van der Waals surface area contributed by atoms with Gasteiger partial charge in [-0.1, -0.05) is 13.8 Å². The van der Waals surface area contributed by atoms with E-state index < -0.39 is 11.9 Å². The molecule has 1 atom stereocenters. The predicted molar refractivity (Wildman–Crippen MR) is 49.5 cm³/mol. The van der Waals surface area contributed by atoms with Gasteiger partial charge in [0.2, 0.25) is 5.91 Å². The molecule has 0 bridgehead atoms. The van der Waals surface area contributed by atoms with Gasteiger partial charge in [-0.05, 0) is 18.9 Å². The summed E-state index contributed by atoms with van der Waals surface area (Å²) < 4.78 is 0. The standard InChI is InChI=1S/C8H19N3O/c1-6(2)3-4-11-5-7(9)8(10)12/h6-7,11H,3-5,9H2,1-2H3,(H2,10,12). The first-order valence-corrected chi connectivity index (χ1v) is 4.29. The van der Waals surface area contributed by atoms with E-state index >= 15 is 0 Å². The summed E-state index contributed by atoms with van der Waals surface area (Å²) in [7, 11) is 0. The molecule has 0 aromatic heterocycles. The minimum absolute atomic E-state index is 0.452. The lowest BCUT2D eigenvalue weighted by Crippen LogP contribution is -2.44. The first-order chi connectivity index (χ1) is 5.54. The van der Waals surface area contributed by atoms with Gasteiger partial charge in [-0.2, -0.15) is 0 Å². The molecule has 4 nitrogen and oxygen atoms in total. The van der Waals surface area contributed by atoms with Crippen molar-refractivity contribution in [3.63, 3.8) is 0 Å². The van der Waals surface area contributed by atoms with Gasteiger partial charge < -0.3 is 16.8 Å². The van der Waals surface area contributed by atoms with Crippen LogP contribution in [0.25, 0.3) is 0 Å². The number of primary amides is 1. The first-order valence-electron chi connectivity index (χ1n) is 4.29. The van der Waals surface area contributed by atoms with Gasteiger partial charge in [0.05, 0.1) is 6.04 Å². The molecule has 0 aromatic rings. The highest BCUT2D eigenvalue weighted by Crippen LogP contribution is 1.95. The molecule has 0 fully saturated rings. The van der Waals surface area contributed by atoms with Crippen LogP contribution in [0.2, 0.25) is 0 Å². The molecule has 0 spiro atoms. The van der Waals surface area contributed by atoms with Crippen molar-refractivity contribution in [3.8, 4) is 0 Å². The van der Waals surface area contributed by atoms with Crippen molar-refractivity contribution >= 4 is 5.91 Å². The van der Waals surface area contributed by atoms with Crippen molar-refractivity contribution < 1.29 is 4.79 Å². The lowest BCUT2D eigenvalue weighted by Gasteiger charge is -2.09. The average molecular weight is 173 g/mol. The third-order valence-electron chi connectivity index (χ3n) is 1.63. The molecule has 0 heterocycles. The maximum absolute atomic E-state index is 10.5. The Morgan fingerprint density at radius 3 is 2.50 bits per heavy atom. The summed E-state index contributed by atoms with van der Waals surface area (Å²) in [6, 6.07) is -0.558. The van der Waals surface area contributed by atoms with E-state index in [1.54, 1.807) is 0 Å². The number of rotatable bonds is 6. The van der Waals surface area contributed by atoms with E-state index in [-0.39, 0.29) is 0 Å². The first kappa shape index (κ1) is 11.4. The van der Waals surface area contributed by atoms with Crippen LogP contribution in [0.4, 0.5) is 0 Å². The number of hydrogen-bond acceptors (Lipinski definition) is 3. The van der Waals surface area contributed by atoms with Crippen LogP contribution in [-0.2, 0) is 4.79 Å². The Labute approximate surface area is 73.7 Å². The zero-order chi connectivity index (χ0) is 9.56. The van der Waals surface area contributed by atoms with Crippen molar-refractivity contribution in [1.82, 2.24) is 5.32 Å². The Balaban J connectivity index is 3.25. The molecule has 1 unspecified atom stereocenters. The van der Waals surface area contributed by atoms with E-state index in [0.717, 1.165) is 13.0 Å². The number of carbonyl (C=O) groups is 1. The van der Waals surface area contributed by atoms with Crippen LogP contribution in [0.3, 0.4) is 0 Å². The molecular weight excluding hydrogens is 154 g/mol. The Morgan fingerprint density at radius 1 is 1.50 bits per heavy atom. The molecular formula is C8H19N3O. The van der Waals surface area contributed by atoms with Gasteiger partial charge >= 0.3 is 0 Å². The summed E-state index contributed by atoms with van der Waals surface area (Å²) in [6.07, 6.45) is 1.09. The Bertz CT molecular complexity index is 136. The van der Waals surface area contributed by atoms with Crippen molar-refractivity contribution in [2.75, 3.05) is 13.1 Å². The SMILES string of the molecule is CC(C)CCNCC(N)C(N)=O. The summed E-state index contributed by atoms with van der Waals surface area (Å²) in [5.41, 5.74) is 10.4. The average Bonchev–Trinajstić information content (AvgIpc) is 1.97. The zero-order valence-electron chi connectivity index (χ0n) is 7.84. The van der Waals surface area contributed by atoms with E-state index in [9.17, 15) is 4.79 Å². The highest BCUT2D eigenvalue weighted by molar-refractivity contribution is 5.79. The van der Waals surface area contributed by atoms with Gasteiger partial charge in [0, 0.05) is 6.54 Å². The van der Waals surface area contributed by atoms with Gasteiger partial charge in [0.15, 0.2) is 0 Å². The normalized spacial score (nSPS) is 13.3. The topological polar surface area (TPSA) is 81.1 Å². The van der Waals surface area contributed by atoms with E-state index in [2.05, 4.69) is 19.2 Å². The van der Waals surface area contributed by atoms with Crippen LogP contribution in [0.5, 0.6) is 0 Å². The highest BCUT2D eigenvalue weighted by Gasteiger charge is 2.07. The Kier molecular flexibility index (Phi) is 5.66. The summed E-state index contributed by atoms with van der Waals surface area (Å²) in [6.45, 7) is 5.66. The fraction of sp³-hybridized carbons (Fsp3) is 0.875. The summed E-state index contributed by atoms with van der Waals surface area (Å²) in [5.74, 6) is 0.217. The second kappa shape index (κ2) is 5.97. The van der Waals surface area contributed by atoms with E-state index in [0.29, 0.717) is 12.5 Å². The molecule has 0 radical (unpaired) electrons. The van der Waals surface area contributed by atoms with Crippen LogP contribution >= 0.6 is 0 Å².